The molecule has 0 radical (unpaired) electrons. The molecule has 0 saturated carbocycles. The van der Waals surface area contributed by atoms with E-state index in [1.807, 2.05) is 13.8 Å². The molecule has 1 aliphatic rings. The van der Waals surface area contributed by atoms with Gasteiger partial charge in [-0.05, 0) is 65.2 Å². The minimum atomic E-state index is 0.872. The minimum Gasteiger partial charge on any atom is -0.402 e. The van der Waals surface area contributed by atoms with E-state index in [1.165, 1.54) is 35.6 Å². The van der Waals surface area contributed by atoms with Gasteiger partial charge in [0.15, 0.2) is 0 Å². The normalized spacial score (nSPS) is 14.3. The van der Waals surface area contributed by atoms with Crippen LogP contribution in [0.1, 0.15) is 60.3 Å². The zero-order chi connectivity index (χ0) is 22.7. The number of likely N-dealkylation sites (N-methyl/N-ethyl adjacent to an activating group) is 1. The van der Waals surface area contributed by atoms with Crippen molar-refractivity contribution < 1.29 is 0 Å². The first kappa shape index (κ1) is 30.0. The molecule has 1 aliphatic carbocycles. The van der Waals surface area contributed by atoms with Crippen LogP contribution in [0.3, 0.4) is 0 Å². The number of hydrogen-bond donors (Lipinski definition) is 4. The predicted molar refractivity (Wildman–Crippen MR) is 135 cm³/mol. The van der Waals surface area contributed by atoms with Crippen LogP contribution in [0.4, 0.5) is 0 Å². The van der Waals surface area contributed by atoms with E-state index < -0.39 is 0 Å². The van der Waals surface area contributed by atoms with E-state index in [9.17, 15) is 0 Å². The second kappa shape index (κ2) is 20.0. The first-order chi connectivity index (χ1) is 14.0. The maximum atomic E-state index is 6.10. The van der Waals surface area contributed by atoms with Crippen LogP contribution in [0.5, 0.6) is 0 Å². The second-order valence-corrected chi connectivity index (χ2v) is 7.55. The molecular formula is C23H46BrN5. The molecule has 0 fully saturated rings. The van der Waals surface area contributed by atoms with Crippen molar-refractivity contribution in [2.24, 2.45) is 11.5 Å². The minimum absolute atomic E-state index is 0.872. The highest BCUT2D eigenvalue weighted by molar-refractivity contribution is 9.11. The third kappa shape index (κ3) is 12.8. The van der Waals surface area contributed by atoms with Gasteiger partial charge in [0.1, 0.15) is 0 Å². The van der Waals surface area contributed by atoms with Crippen molar-refractivity contribution in [1.29, 1.82) is 0 Å². The Morgan fingerprint density at radius 3 is 2.31 bits per heavy atom. The fraction of sp³-hybridized carbons (Fsp3) is 0.652. The number of nitrogens with two attached hydrogens (primary N) is 2. The number of allylic oxidation sites excluding steroid dienone is 5. The van der Waals surface area contributed by atoms with Gasteiger partial charge in [0.2, 0.25) is 0 Å². The highest BCUT2D eigenvalue weighted by atomic mass is 79.9. The van der Waals surface area contributed by atoms with Gasteiger partial charge in [-0.1, -0.05) is 42.4 Å². The van der Waals surface area contributed by atoms with Crippen molar-refractivity contribution in [1.82, 2.24) is 15.5 Å². The van der Waals surface area contributed by atoms with Gasteiger partial charge in [-0.25, -0.2) is 0 Å². The Bertz CT molecular complexity index is 519. The van der Waals surface area contributed by atoms with Crippen molar-refractivity contribution in [2.75, 3.05) is 39.8 Å². The maximum Gasteiger partial charge on any atom is 0.0463 e. The average molecular weight is 473 g/mol. The molecule has 5 nitrogen and oxygen atoms in total. The van der Waals surface area contributed by atoms with Crippen molar-refractivity contribution in [3.05, 3.63) is 45.9 Å². The van der Waals surface area contributed by atoms with Gasteiger partial charge in [0.25, 0.3) is 0 Å². The Balaban J connectivity index is 0. The molecule has 0 aromatic rings. The summed E-state index contributed by atoms with van der Waals surface area (Å²) in [5.41, 5.74) is 15.1. The summed E-state index contributed by atoms with van der Waals surface area (Å²) >= 11 is 3.61. The van der Waals surface area contributed by atoms with Crippen LogP contribution in [-0.2, 0) is 0 Å². The summed E-state index contributed by atoms with van der Waals surface area (Å²) in [6, 6.07) is 0. The van der Waals surface area contributed by atoms with Gasteiger partial charge < -0.3 is 27.0 Å². The van der Waals surface area contributed by atoms with E-state index >= 15 is 0 Å². The largest absolute Gasteiger partial charge is 0.402 e. The monoisotopic (exact) mass is 471 g/mol. The molecule has 0 aromatic heterocycles. The number of nitrogens with one attached hydrogen (secondary N) is 2. The molecule has 0 heterocycles. The smallest absolute Gasteiger partial charge is 0.0463 e. The summed E-state index contributed by atoms with van der Waals surface area (Å²) in [7, 11) is 1.50. The summed E-state index contributed by atoms with van der Waals surface area (Å²) in [5, 5.41) is 6.91. The molecule has 1 rings (SSSR count). The standard InChI is InChI=1S/C20H35BrN4.C2H6.CH5N/c1-5-9-20(16(3)21)25(6-2)15-14-23-12-13-24-17(4)18-10-7-8-11-19(18)22;2*1-2/h5,9,23-24H,4,6-8,10-15,22H2,1-3H3;1-2H3;2H2,1H3/b9-5-,20-16-;;. The number of hydrogen-bond acceptors (Lipinski definition) is 5. The molecule has 29 heavy (non-hydrogen) atoms. The molecule has 0 bridgehead atoms. The summed E-state index contributed by atoms with van der Waals surface area (Å²) in [6.45, 7) is 19.2. The average Bonchev–Trinajstić information content (AvgIpc) is 2.75. The van der Waals surface area contributed by atoms with E-state index in [0.717, 1.165) is 57.0 Å². The van der Waals surface area contributed by atoms with E-state index in [-0.39, 0.29) is 0 Å². The zero-order valence-corrected chi connectivity index (χ0v) is 21.3. The van der Waals surface area contributed by atoms with E-state index in [4.69, 9.17) is 5.73 Å². The highest BCUT2D eigenvalue weighted by Gasteiger charge is 2.12. The fourth-order valence-electron chi connectivity index (χ4n) is 3.07. The lowest BCUT2D eigenvalue weighted by Gasteiger charge is -2.25. The van der Waals surface area contributed by atoms with Gasteiger partial charge >= 0.3 is 0 Å². The third-order valence-electron chi connectivity index (χ3n) is 4.47. The summed E-state index contributed by atoms with van der Waals surface area (Å²) in [4.78, 5) is 2.37. The van der Waals surface area contributed by atoms with E-state index in [2.05, 4.69) is 76.7 Å². The van der Waals surface area contributed by atoms with Crippen LogP contribution in [0.2, 0.25) is 0 Å². The first-order valence-corrected chi connectivity index (χ1v) is 11.7. The molecule has 170 valence electrons. The maximum absolute atomic E-state index is 6.10. The molecule has 6 heteroatoms. The zero-order valence-electron chi connectivity index (χ0n) is 19.7. The number of halogens is 1. The second-order valence-electron chi connectivity index (χ2n) is 6.36. The van der Waals surface area contributed by atoms with Crippen molar-refractivity contribution in [3.8, 4) is 0 Å². The lowest BCUT2D eigenvalue weighted by molar-refractivity contribution is 0.367. The van der Waals surface area contributed by atoms with Gasteiger partial charge in [-0.2, -0.15) is 0 Å². The molecule has 0 amide bonds. The van der Waals surface area contributed by atoms with Gasteiger partial charge in [-0.3, -0.25) is 0 Å². The van der Waals surface area contributed by atoms with Crippen molar-refractivity contribution >= 4 is 15.9 Å². The van der Waals surface area contributed by atoms with Crippen molar-refractivity contribution in [2.45, 2.75) is 60.3 Å². The molecular weight excluding hydrogens is 426 g/mol. The quantitative estimate of drug-likeness (QED) is 0.261. The molecule has 0 aliphatic heterocycles. The fourth-order valence-corrected chi connectivity index (χ4v) is 3.45. The van der Waals surface area contributed by atoms with Crippen molar-refractivity contribution in [3.63, 3.8) is 0 Å². The summed E-state index contributed by atoms with van der Waals surface area (Å²) in [5.74, 6) is 0. The van der Waals surface area contributed by atoms with E-state index in [1.54, 1.807) is 0 Å². The third-order valence-corrected chi connectivity index (χ3v) is 4.88. The van der Waals surface area contributed by atoms with Crippen LogP contribution in [0.25, 0.3) is 0 Å². The lowest BCUT2D eigenvalue weighted by Crippen LogP contribution is -2.34. The molecule has 0 saturated heterocycles. The predicted octanol–water partition coefficient (Wildman–Crippen LogP) is 4.59. The molecule has 0 unspecified atom stereocenters. The molecule has 0 aromatic carbocycles. The molecule has 6 N–H and O–H groups in total. The van der Waals surface area contributed by atoms with Crippen LogP contribution >= 0.6 is 15.9 Å². The summed E-state index contributed by atoms with van der Waals surface area (Å²) in [6.07, 6.45) is 8.73. The molecule has 0 spiro atoms. The van der Waals surface area contributed by atoms with Gasteiger partial charge in [0, 0.05) is 54.3 Å². The van der Waals surface area contributed by atoms with Gasteiger partial charge in [-0.15, -0.1) is 0 Å². The Kier molecular flexibility index (Phi) is 20.7. The molecule has 0 atom stereocenters. The van der Waals surface area contributed by atoms with E-state index in [0.29, 0.717) is 0 Å². The Hall–Kier alpha value is -1.24. The van der Waals surface area contributed by atoms with Crippen LogP contribution < -0.4 is 22.1 Å². The topological polar surface area (TPSA) is 79.3 Å². The SMILES string of the molecule is C=C(NCCNCCN(CC)C(/C=C\C)=C(/C)Br)C1=C(N)CCCC1.CC.CN. The Morgan fingerprint density at radius 2 is 1.79 bits per heavy atom. The Labute approximate surface area is 188 Å². The van der Waals surface area contributed by atoms with Crippen LogP contribution in [0, 0.1) is 0 Å². The summed E-state index contributed by atoms with van der Waals surface area (Å²) < 4.78 is 1.17. The number of rotatable bonds is 11. The van der Waals surface area contributed by atoms with Gasteiger partial charge in [0.05, 0.1) is 0 Å². The number of nitrogens with zero attached hydrogens (tertiary/aromatic N) is 1. The lowest BCUT2D eigenvalue weighted by atomic mass is 9.95. The van der Waals surface area contributed by atoms with Crippen LogP contribution in [0.15, 0.2) is 45.9 Å². The Morgan fingerprint density at radius 1 is 1.17 bits per heavy atom. The highest BCUT2D eigenvalue weighted by Crippen LogP contribution is 2.24. The first-order valence-electron chi connectivity index (χ1n) is 10.9. The van der Waals surface area contributed by atoms with Crippen LogP contribution in [-0.4, -0.2) is 44.7 Å².